The molecule has 0 amide bonds. The molecule has 0 aromatic heterocycles. The summed E-state index contributed by atoms with van der Waals surface area (Å²) in [4.78, 5) is 0. The summed E-state index contributed by atoms with van der Waals surface area (Å²) in [6.07, 6.45) is 1.40. The molecule has 0 aromatic rings. The zero-order valence-electron chi connectivity index (χ0n) is 2.78. The fraction of sp³-hybridized carbons (Fsp3) is 0. The Hall–Kier alpha value is 0.765. The Morgan fingerprint density at radius 2 is 2.60 bits per heavy atom. The molecule has 0 rings (SSSR count). The van der Waals surface area contributed by atoms with Gasteiger partial charge in [-0.15, -0.1) is 0 Å². The summed E-state index contributed by atoms with van der Waals surface area (Å²) in [7, 11) is 5.23. The van der Waals surface area contributed by atoms with Gasteiger partial charge in [0, 0.05) is 0 Å². The summed E-state index contributed by atoms with van der Waals surface area (Å²) in [5, 5.41) is 0. The van der Waals surface area contributed by atoms with Crippen molar-refractivity contribution in [2.24, 2.45) is 0 Å². The summed E-state index contributed by atoms with van der Waals surface area (Å²) >= 11 is -1.29. The van der Waals surface area contributed by atoms with Crippen LogP contribution in [-0.2, 0) is 26.4 Å². The minimum absolute atomic E-state index is 1.29. The van der Waals surface area contributed by atoms with E-state index in [0.29, 0.717) is 0 Å². The third-order valence-electron chi connectivity index (χ3n) is 0.181. The second-order valence-corrected chi connectivity index (χ2v) is 4.50. The van der Waals surface area contributed by atoms with E-state index >= 15 is 0 Å². The third-order valence-corrected chi connectivity index (χ3v) is 2.69. The molecule has 0 radical (unpaired) electrons. The van der Waals surface area contributed by atoms with Crippen LogP contribution < -0.4 is 0 Å². The van der Waals surface area contributed by atoms with Gasteiger partial charge >= 0.3 is 47.5 Å². The van der Waals surface area contributed by atoms with Gasteiger partial charge in [0.25, 0.3) is 0 Å². The molecule has 1 nitrogen and oxygen atoms in total. The van der Waals surface area contributed by atoms with Crippen molar-refractivity contribution < 1.29 is 26.4 Å². The molecule has 0 atom stereocenters. The molecule has 0 aromatic carbocycles. The molecule has 26 valence electrons. The Kier molecular flexibility index (Phi) is 5.49. The van der Waals surface area contributed by atoms with Crippen molar-refractivity contribution in [1.29, 1.82) is 0 Å². The van der Waals surface area contributed by atoms with Crippen LogP contribution in [0.4, 0.5) is 0 Å². The molecule has 5 heavy (non-hydrogen) atoms. The van der Waals surface area contributed by atoms with Crippen LogP contribution in [0.2, 0.25) is 0 Å². The first kappa shape index (κ1) is 5.77. The van der Waals surface area contributed by atoms with Crippen LogP contribution in [0, 0.1) is 0 Å². The van der Waals surface area contributed by atoms with Gasteiger partial charge in [0.05, 0.1) is 0 Å². The molecule has 0 spiro atoms. The van der Waals surface area contributed by atoms with E-state index in [2.05, 4.69) is 9.22 Å². The van der Waals surface area contributed by atoms with Crippen LogP contribution in [0.1, 0.15) is 0 Å². The summed E-state index contributed by atoms with van der Waals surface area (Å²) in [5.41, 5.74) is 0. The van der Waals surface area contributed by atoms with Gasteiger partial charge in [-0.2, -0.15) is 0 Å². The van der Waals surface area contributed by atoms with E-state index in [0.717, 1.165) is 0 Å². The van der Waals surface area contributed by atoms with Crippen molar-refractivity contribution in [1.82, 2.24) is 0 Å². The van der Waals surface area contributed by atoms with E-state index in [-0.39, 0.29) is 0 Å². The first-order valence-electron chi connectivity index (χ1n) is 1.20. The quantitative estimate of drug-likeness (QED) is 0.547. The molecule has 0 N–H and O–H groups in total. The predicted molar refractivity (Wildman–Crippen MR) is 17.1 cm³/mol. The summed E-state index contributed by atoms with van der Waals surface area (Å²) in [5.74, 6) is 0. The average molecular weight is 279 g/mol. The van der Waals surface area contributed by atoms with Crippen molar-refractivity contribution in [2.75, 3.05) is 0 Å². The zero-order valence-corrected chi connectivity index (χ0v) is 9.03. The van der Waals surface area contributed by atoms with E-state index in [1.165, 1.54) is 6.26 Å². The minimum atomic E-state index is -1.29. The van der Waals surface area contributed by atoms with Gasteiger partial charge in [-0.05, 0) is 0 Å². The van der Waals surface area contributed by atoms with Crippen molar-refractivity contribution >= 4 is 8.25 Å². The fourth-order valence-electron chi connectivity index (χ4n) is 0.0445. The second kappa shape index (κ2) is 4.77. The van der Waals surface area contributed by atoms with E-state index < -0.39 is 23.8 Å². The molecule has 0 saturated carbocycles. The molecule has 0 heterocycles. The second-order valence-electron chi connectivity index (χ2n) is 0.442. The van der Waals surface area contributed by atoms with Crippen molar-refractivity contribution in [3.63, 3.8) is 0 Å². The van der Waals surface area contributed by atoms with Crippen molar-refractivity contribution in [2.45, 2.75) is 0 Å². The molecule has 0 aliphatic rings. The van der Waals surface area contributed by atoms with Crippen LogP contribution in [0.5, 0.6) is 0 Å². The van der Waals surface area contributed by atoms with Gasteiger partial charge in [0.15, 0.2) is 0 Å². The molecular formula is C2H3ClHgO. The SMILES string of the molecule is C=C[O][Hg][Cl]. The average Bonchev–Trinajstić information content (AvgIpc) is 1.41. The van der Waals surface area contributed by atoms with Crippen LogP contribution >= 0.6 is 8.25 Å². The Morgan fingerprint density at radius 1 is 2.00 bits per heavy atom. The molecule has 3 heteroatoms. The van der Waals surface area contributed by atoms with E-state index in [1.807, 2.05) is 0 Å². The first-order chi connectivity index (χ1) is 2.41. The van der Waals surface area contributed by atoms with E-state index in [1.54, 1.807) is 0 Å². The first-order valence-corrected chi connectivity index (χ1v) is 10.2. The molecule has 0 fully saturated rings. The number of rotatable bonds is 2. The Bertz CT molecular complexity index is 30.8. The van der Waals surface area contributed by atoms with Gasteiger partial charge in [0.2, 0.25) is 0 Å². The van der Waals surface area contributed by atoms with Crippen LogP contribution in [0.3, 0.4) is 0 Å². The molecule has 0 saturated heterocycles. The number of halogens is 1. The molecular weight excluding hydrogens is 276 g/mol. The fourth-order valence-corrected chi connectivity index (χ4v) is 1.17. The molecule has 0 bridgehead atoms. The number of hydrogen-bond acceptors (Lipinski definition) is 1. The monoisotopic (exact) mass is 280 g/mol. The third kappa shape index (κ3) is 4.77. The maximum absolute atomic E-state index is 5.23. The van der Waals surface area contributed by atoms with Crippen molar-refractivity contribution in [3.05, 3.63) is 12.8 Å². The van der Waals surface area contributed by atoms with Gasteiger partial charge in [-0.1, -0.05) is 0 Å². The summed E-state index contributed by atoms with van der Waals surface area (Å²) in [6.45, 7) is 3.30. The van der Waals surface area contributed by atoms with Gasteiger partial charge in [-0.25, -0.2) is 0 Å². The predicted octanol–water partition coefficient (Wildman–Crippen LogP) is 1.30. The Morgan fingerprint density at radius 3 is 2.60 bits per heavy atom. The standard InChI is InChI=1S/C2H4O.ClH.Hg/c1-2-3;;/h2-3H,1H2;1H;/q;;+2/p-2. The van der Waals surface area contributed by atoms with Crippen LogP contribution in [0.15, 0.2) is 12.8 Å². The molecule has 0 aliphatic heterocycles. The Labute approximate surface area is 47.5 Å². The Balaban J connectivity index is 2.40. The summed E-state index contributed by atoms with van der Waals surface area (Å²) < 4.78 is 4.58. The van der Waals surface area contributed by atoms with Crippen LogP contribution in [0.25, 0.3) is 0 Å². The van der Waals surface area contributed by atoms with Gasteiger partial charge < -0.3 is 0 Å². The van der Waals surface area contributed by atoms with Crippen LogP contribution in [-0.4, -0.2) is 0 Å². The maximum atomic E-state index is 5.23. The van der Waals surface area contributed by atoms with E-state index in [9.17, 15) is 0 Å². The van der Waals surface area contributed by atoms with E-state index in [4.69, 9.17) is 8.25 Å². The topological polar surface area (TPSA) is 9.23 Å². The zero-order chi connectivity index (χ0) is 4.12. The number of hydrogen-bond donors (Lipinski definition) is 0. The normalized spacial score (nSPS) is 5.00. The molecule has 0 aliphatic carbocycles. The van der Waals surface area contributed by atoms with Gasteiger partial charge in [-0.3, -0.25) is 0 Å². The van der Waals surface area contributed by atoms with Crippen molar-refractivity contribution in [3.8, 4) is 0 Å². The summed E-state index contributed by atoms with van der Waals surface area (Å²) in [6, 6.07) is 0. The van der Waals surface area contributed by atoms with Gasteiger partial charge in [0.1, 0.15) is 0 Å². The molecule has 0 unspecified atom stereocenters.